The molecule has 0 radical (unpaired) electrons. The number of hydrogen-bond donors (Lipinski definition) is 1. The molecule has 0 atom stereocenters. The van der Waals surface area contributed by atoms with Crippen LogP contribution >= 0.6 is 11.3 Å². The Labute approximate surface area is 157 Å². The molecule has 2 amide bonds. The number of ether oxygens (including phenoxy) is 1. The molecule has 138 valence electrons. The van der Waals surface area contributed by atoms with Gasteiger partial charge < -0.3 is 15.0 Å². The number of anilines is 1. The normalized spacial score (nSPS) is 13.5. The van der Waals surface area contributed by atoms with E-state index in [9.17, 15) is 9.59 Å². The van der Waals surface area contributed by atoms with Crippen LogP contribution in [0.25, 0.3) is 0 Å². The zero-order chi connectivity index (χ0) is 18.9. The standard InChI is InChI=1S/C19H23N3O3S/c1-12-16(17(23)22-10-9-13-7-5-6-8-14(13)22)26-15(21-12)11-20-18(24)25-19(2,3)4/h5-8H,9-11H2,1-4H3,(H,20,24). The molecule has 0 fully saturated rings. The lowest BCUT2D eigenvalue weighted by molar-refractivity contribution is 0.0523. The highest BCUT2D eigenvalue weighted by atomic mass is 32.1. The van der Waals surface area contributed by atoms with Crippen LogP contribution in [0.4, 0.5) is 10.5 Å². The van der Waals surface area contributed by atoms with Gasteiger partial charge in [0, 0.05) is 12.2 Å². The Morgan fingerprint density at radius 2 is 2.04 bits per heavy atom. The predicted octanol–water partition coefficient (Wildman–Crippen LogP) is 3.68. The molecule has 0 aliphatic carbocycles. The molecular formula is C19H23N3O3S. The van der Waals surface area contributed by atoms with Crippen LogP contribution < -0.4 is 10.2 Å². The van der Waals surface area contributed by atoms with E-state index in [-0.39, 0.29) is 12.5 Å². The van der Waals surface area contributed by atoms with E-state index in [1.165, 1.54) is 16.9 Å². The van der Waals surface area contributed by atoms with Gasteiger partial charge in [0.25, 0.3) is 5.91 Å². The summed E-state index contributed by atoms with van der Waals surface area (Å²) in [5.74, 6) is -0.0338. The summed E-state index contributed by atoms with van der Waals surface area (Å²) in [7, 11) is 0. The molecule has 1 aliphatic heterocycles. The first kappa shape index (κ1) is 18.4. The lowest BCUT2D eigenvalue weighted by atomic mass is 10.2. The number of nitrogens with zero attached hydrogens (tertiary/aromatic N) is 2. The van der Waals surface area contributed by atoms with Crippen LogP contribution in [0.1, 0.15) is 46.7 Å². The number of aromatic nitrogens is 1. The number of aryl methyl sites for hydroxylation is 1. The molecule has 0 saturated heterocycles. The largest absolute Gasteiger partial charge is 0.444 e. The number of rotatable bonds is 3. The fourth-order valence-corrected chi connectivity index (χ4v) is 3.81. The third-order valence-corrected chi connectivity index (χ3v) is 5.10. The minimum Gasteiger partial charge on any atom is -0.444 e. The van der Waals surface area contributed by atoms with Crippen LogP contribution in [-0.2, 0) is 17.7 Å². The summed E-state index contributed by atoms with van der Waals surface area (Å²) >= 11 is 1.32. The number of amides is 2. The first-order chi connectivity index (χ1) is 12.2. The number of para-hydroxylation sites is 1. The third kappa shape index (κ3) is 4.04. The van der Waals surface area contributed by atoms with Crippen molar-refractivity contribution in [2.24, 2.45) is 0 Å². The number of benzene rings is 1. The second kappa shape index (κ2) is 7.07. The molecule has 0 saturated carbocycles. The average Bonchev–Trinajstić information content (AvgIpc) is 3.14. The molecule has 0 bridgehead atoms. The average molecular weight is 373 g/mol. The minimum atomic E-state index is -0.548. The topological polar surface area (TPSA) is 71.5 Å². The van der Waals surface area contributed by atoms with Crippen molar-refractivity contribution in [3.05, 3.63) is 45.4 Å². The van der Waals surface area contributed by atoms with E-state index in [0.29, 0.717) is 22.1 Å². The molecule has 2 heterocycles. The van der Waals surface area contributed by atoms with Crippen molar-refractivity contribution < 1.29 is 14.3 Å². The Morgan fingerprint density at radius 3 is 2.77 bits per heavy atom. The Kier molecular flexibility index (Phi) is 5.00. The fraction of sp³-hybridized carbons (Fsp3) is 0.421. The highest BCUT2D eigenvalue weighted by Gasteiger charge is 2.28. The summed E-state index contributed by atoms with van der Waals surface area (Å²) in [4.78, 5) is 31.6. The number of carbonyl (C=O) groups is 2. The van der Waals surface area contributed by atoms with Crippen molar-refractivity contribution in [3.63, 3.8) is 0 Å². The summed E-state index contributed by atoms with van der Waals surface area (Å²) in [5, 5.41) is 3.37. The maximum absolute atomic E-state index is 13.0. The van der Waals surface area contributed by atoms with Gasteiger partial charge in [0.05, 0.1) is 12.2 Å². The van der Waals surface area contributed by atoms with E-state index in [0.717, 1.165) is 12.1 Å². The number of thiazole rings is 1. The lowest BCUT2D eigenvalue weighted by Crippen LogP contribution is -2.32. The van der Waals surface area contributed by atoms with E-state index < -0.39 is 11.7 Å². The Morgan fingerprint density at radius 1 is 1.31 bits per heavy atom. The zero-order valence-corrected chi connectivity index (χ0v) is 16.3. The number of nitrogens with one attached hydrogen (secondary N) is 1. The monoisotopic (exact) mass is 373 g/mol. The van der Waals surface area contributed by atoms with Gasteiger partial charge >= 0.3 is 6.09 Å². The van der Waals surface area contributed by atoms with Crippen molar-refractivity contribution in [2.45, 2.75) is 46.3 Å². The van der Waals surface area contributed by atoms with E-state index in [1.807, 2.05) is 45.9 Å². The van der Waals surface area contributed by atoms with Crippen LogP contribution in [0.3, 0.4) is 0 Å². The zero-order valence-electron chi connectivity index (χ0n) is 15.5. The Hall–Kier alpha value is -2.41. The van der Waals surface area contributed by atoms with Crippen LogP contribution in [-0.4, -0.2) is 29.1 Å². The van der Waals surface area contributed by atoms with Gasteiger partial charge in [0.15, 0.2) is 0 Å². The van der Waals surface area contributed by atoms with Crippen LogP contribution in [0.15, 0.2) is 24.3 Å². The highest BCUT2D eigenvalue weighted by molar-refractivity contribution is 7.14. The van der Waals surface area contributed by atoms with Gasteiger partial charge in [0.1, 0.15) is 15.5 Å². The maximum atomic E-state index is 13.0. The molecule has 1 aromatic carbocycles. The summed E-state index contributed by atoms with van der Waals surface area (Å²) in [6.45, 7) is 8.17. The van der Waals surface area contributed by atoms with Crippen LogP contribution in [0.5, 0.6) is 0 Å². The Bertz CT molecular complexity index is 839. The second-order valence-electron chi connectivity index (χ2n) is 7.21. The van der Waals surface area contributed by atoms with Crippen molar-refractivity contribution in [2.75, 3.05) is 11.4 Å². The van der Waals surface area contributed by atoms with Gasteiger partial charge in [-0.05, 0) is 45.7 Å². The summed E-state index contributed by atoms with van der Waals surface area (Å²) in [5.41, 5.74) is 2.30. The molecule has 6 nitrogen and oxygen atoms in total. The van der Waals surface area contributed by atoms with Gasteiger partial charge in [-0.2, -0.15) is 0 Å². The summed E-state index contributed by atoms with van der Waals surface area (Å²) in [6, 6.07) is 7.96. The number of fused-ring (bicyclic) bond motifs is 1. The number of hydrogen-bond acceptors (Lipinski definition) is 5. The third-order valence-electron chi connectivity index (χ3n) is 3.95. The van der Waals surface area contributed by atoms with Crippen molar-refractivity contribution in [1.82, 2.24) is 10.3 Å². The summed E-state index contributed by atoms with van der Waals surface area (Å²) in [6.07, 6.45) is 0.374. The predicted molar refractivity (Wildman–Crippen MR) is 102 cm³/mol. The van der Waals surface area contributed by atoms with Gasteiger partial charge in [-0.1, -0.05) is 18.2 Å². The molecule has 7 heteroatoms. The molecule has 26 heavy (non-hydrogen) atoms. The van der Waals surface area contributed by atoms with Gasteiger partial charge in [-0.3, -0.25) is 4.79 Å². The van der Waals surface area contributed by atoms with E-state index in [4.69, 9.17) is 4.74 Å². The lowest BCUT2D eigenvalue weighted by Gasteiger charge is -2.19. The smallest absolute Gasteiger partial charge is 0.408 e. The number of carbonyl (C=O) groups excluding carboxylic acids is 2. The van der Waals surface area contributed by atoms with Crippen molar-refractivity contribution >= 4 is 29.0 Å². The van der Waals surface area contributed by atoms with Crippen LogP contribution in [0, 0.1) is 6.92 Å². The highest BCUT2D eigenvalue weighted by Crippen LogP contribution is 2.30. The first-order valence-corrected chi connectivity index (χ1v) is 9.39. The molecular weight excluding hydrogens is 350 g/mol. The number of alkyl carbamates (subject to hydrolysis) is 1. The fourth-order valence-electron chi connectivity index (χ4n) is 2.86. The van der Waals surface area contributed by atoms with Gasteiger partial charge in [0.2, 0.25) is 0 Å². The SMILES string of the molecule is Cc1nc(CNC(=O)OC(C)(C)C)sc1C(=O)N1CCc2ccccc21. The first-order valence-electron chi connectivity index (χ1n) is 8.57. The summed E-state index contributed by atoms with van der Waals surface area (Å²) < 4.78 is 5.22. The molecule has 0 spiro atoms. The molecule has 3 rings (SSSR count). The van der Waals surface area contributed by atoms with Gasteiger partial charge in [-0.25, -0.2) is 9.78 Å². The van der Waals surface area contributed by atoms with E-state index in [2.05, 4.69) is 16.4 Å². The van der Waals surface area contributed by atoms with E-state index >= 15 is 0 Å². The molecule has 0 unspecified atom stereocenters. The molecule has 2 aromatic rings. The van der Waals surface area contributed by atoms with Crippen molar-refractivity contribution in [1.29, 1.82) is 0 Å². The molecule has 1 aromatic heterocycles. The maximum Gasteiger partial charge on any atom is 0.408 e. The molecule has 1 N–H and O–H groups in total. The van der Waals surface area contributed by atoms with Gasteiger partial charge in [-0.15, -0.1) is 11.3 Å². The van der Waals surface area contributed by atoms with E-state index in [1.54, 1.807) is 4.90 Å². The molecule has 1 aliphatic rings. The minimum absolute atomic E-state index is 0.0338. The Balaban J connectivity index is 1.69. The quantitative estimate of drug-likeness (QED) is 0.891. The van der Waals surface area contributed by atoms with Crippen molar-refractivity contribution in [3.8, 4) is 0 Å². The van der Waals surface area contributed by atoms with Crippen LogP contribution in [0.2, 0.25) is 0 Å². The second-order valence-corrected chi connectivity index (χ2v) is 8.30.